The SMILES string of the molecule is CC1(C2CC2)NC(=O)N(CC(=O)N(CCN)CCc2ccccc2)C1=O. The normalized spacial score (nSPS) is 22.5. The third-order valence-electron chi connectivity index (χ3n) is 5.25. The van der Waals surface area contributed by atoms with Gasteiger partial charge in [-0.2, -0.15) is 0 Å². The zero-order valence-corrected chi connectivity index (χ0v) is 15.1. The molecule has 4 amide bonds. The number of hydrogen-bond acceptors (Lipinski definition) is 4. The Morgan fingerprint density at radius 1 is 1.27 bits per heavy atom. The van der Waals surface area contributed by atoms with Crippen LogP contribution in [0.3, 0.4) is 0 Å². The predicted molar refractivity (Wildman–Crippen MR) is 97.2 cm³/mol. The zero-order chi connectivity index (χ0) is 18.7. The van der Waals surface area contributed by atoms with E-state index in [4.69, 9.17) is 5.73 Å². The van der Waals surface area contributed by atoms with E-state index in [1.165, 1.54) is 0 Å². The van der Waals surface area contributed by atoms with Gasteiger partial charge in [0.05, 0.1) is 0 Å². The Balaban J connectivity index is 1.62. The average molecular weight is 358 g/mol. The van der Waals surface area contributed by atoms with Crippen LogP contribution in [0.15, 0.2) is 30.3 Å². The highest BCUT2D eigenvalue weighted by Gasteiger charge is 2.56. The summed E-state index contributed by atoms with van der Waals surface area (Å²) in [6.07, 6.45) is 2.56. The third-order valence-corrected chi connectivity index (χ3v) is 5.25. The number of urea groups is 1. The molecular formula is C19H26N4O3. The van der Waals surface area contributed by atoms with Gasteiger partial charge >= 0.3 is 6.03 Å². The van der Waals surface area contributed by atoms with Crippen LogP contribution in [0, 0.1) is 5.92 Å². The first-order chi connectivity index (χ1) is 12.5. The minimum Gasteiger partial charge on any atom is -0.340 e. The molecule has 7 nitrogen and oxygen atoms in total. The topological polar surface area (TPSA) is 95.7 Å². The van der Waals surface area contributed by atoms with Crippen molar-refractivity contribution >= 4 is 17.8 Å². The molecule has 0 radical (unpaired) electrons. The second-order valence-electron chi connectivity index (χ2n) is 7.20. The lowest BCUT2D eigenvalue weighted by Crippen LogP contribution is -2.48. The number of nitrogens with two attached hydrogens (primary N) is 1. The lowest BCUT2D eigenvalue weighted by atomic mass is 9.96. The van der Waals surface area contributed by atoms with E-state index in [2.05, 4.69) is 5.32 Å². The van der Waals surface area contributed by atoms with E-state index in [9.17, 15) is 14.4 Å². The van der Waals surface area contributed by atoms with Crippen molar-refractivity contribution in [2.75, 3.05) is 26.2 Å². The van der Waals surface area contributed by atoms with Gasteiger partial charge < -0.3 is 16.0 Å². The van der Waals surface area contributed by atoms with Gasteiger partial charge in [0.25, 0.3) is 5.91 Å². The van der Waals surface area contributed by atoms with Gasteiger partial charge in [-0.25, -0.2) is 4.79 Å². The van der Waals surface area contributed by atoms with Gasteiger partial charge in [-0.3, -0.25) is 14.5 Å². The van der Waals surface area contributed by atoms with E-state index in [1.54, 1.807) is 11.8 Å². The molecule has 1 aliphatic heterocycles. The summed E-state index contributed by atoms with van der Waals surface area (Å²) in [4.78, 5) is 40.3. The molecule has 1 atom stereocenters. The van der Waals surface area contributed by atoms with E-state index in [1.807, 2.05) is 30.3 Å². The number of amides is 4. The van der Waals surface area contributed by atoms with Crippen molar-refractivity contribution in [1.29, 1.82) is 0 Å². The zero-order valence-electron chi connectivity index (χ0n) is 15.1. The number of nitrogens with one attached hydrogen (secondary N) is 1. The summed E-state index contributed by atoms with van der Waals surface area (Å²) < 4.78 is 0. The Hall–Kier alpha value is -2.41. The molecule has 3 N–H and O–H groups in total. The van der Waals surface area contributed by atoms with Crippen molar-refractivity contribution < 1.29 is 14.4 Å². The second-order valence-corrected chi connectivity index (χ2v) is 7.20. The fourth-order valence-electron chi connectivity index (χ4n) is 3.46. The minimum absolute atomic E-state index is 0.178. The Labute approximate surface area is 153 Å². The standard InChI is InChI=1S/C19H26N4O3/c1-19(15-7-8-15)17(25)23(18(26)21-19)13-16(24)22(12-10-20)11-9-14-5-3-2-4-6-14/h2-6,15H,7-13,20H2,1H3,(H,21,26). The van der Waals surface area contributed by atoms with Crippen LogP contribution in [0.2, 0.25) is 0 Å². The summed E-state index contributed by atoms with van der Waals surface area (Å²) in [5, 5.41) is 2.77. The molecule has 0 aromatic heterocycles. The fraction of sp³-hybridized carbons (Fsp3) is 0.526. The van der Waals surface area contributed by atoms with Gasteiger partial charge in [-0.05, 0) is 37.7 Å². The van der Waals surface area contributed by atoms with Crippen LogP contribution < -0.4 is 11.1 Å². The number of rotatable bonds is 8. The lowest BCUT2D eigenvalue weighted by molar-refractivity contribution is -0.139. The van der Waals surface area contributed by atoms with Crippen molar-refractivity contribution in [2.45, 2.75) is 31.7 Å². The molecule has 7 heteroatoms. The summed E-state index contributed by atoms with van der Waals surface area (Å²) in [6, 6.07) is 9.38. The molecule has 0 spiro atoms. The highest BCUT2D eigenvalue weighted by Crippen LogP contribution is 2.42. The maximum atomic E-state index is 12.7. The van der Waals surface area contributed by atoms with Crippen LogP contribution in [0.4, 0.5) is 4.79 Å². The molecule has 2 aliphatic rings. The van der Waals surface area contributed by atoms with Crippen LogP contribution in [0.1, 0.15) is 25.3 Å². The monoisotopic (exact) mass is 358 g/mol. The van der Waals surface area contributed by atoms with Crippen molar-refractivity contribution in [3.8, 4) is 0 Å². The van der Waals surface area contributed by atoms with E-state index in [0.29, 0.717) is 26.1 Å². The van der Waals surface area contributed by atoms with Crippen LogP contribution in [-0.4, -0.2) is 59.4 Å². The minimum atomic E-state index is -0.861. The van der Waals surface area contributed by atoms with Crippen molar-refractivity contribution in [3.05, 3.63) is 35.9 Å². The van der Waals surface area contributed by atoms with Crippen LogP contribution in [0.25, 0.3) is 0 Å². The molecule has 3 rings (SSSR count). The summed E-state index contributed by atoms with van der Waals surface area (Å²) >= 11 is 0. The molecule has 1 aromatic rings. The summed E-state index contributed by atoms with van der Waals surface area (Å²) in [5.74, 6) is -0.374. The molecule has 1 saturated heterocycles. The molecule has 26 heavy (non-hydrogen) atoms. The molecule has 0 bridgehead atoms. The first-order valence-electron chi connectivity index (χ1n) is 9.11. The molecule has 1 aromatic carbocycles. The highest BCUT2D eigenvalue weighted by atomic mass is 16.2. The van der Waals surface area contributed by atoms with Crippen LogP contribution >= 0.6 is 0 Å². The molecule has 140 valence electrons. The number of benzene rings is 1. The van der Waals surface area contributed by atoms with Gasteiger partial charge in [0.15, 0.2) is 0 Å². The van der Waals surface area contributed by atoms with E-state index < -0.39 is 11.6 Å². The number of hydrogen-bond donors (Lipinski definition) is 2. The van der Waals surface area contributed by atoms with Crippen LogP contribution in [0.5, 0.6) is 0 Å². The Morgan fingerprint density at radius 2 is 1.96 bits per heavy atom. The smallest absolute Gasteiger partial charge is 0.325 e. The van der Waals surface area contributed by atoms with Crippen LogP contribution in [-0.2, 0) is 16.0 Å². The number of carbonyl (C=O) groups excluding carboxylic acids is 3. The van der Waals surface area contributed by atoms with Crippen molar-refractivity contribution in [1.82, 2.24) is 15.1 Å². The van der Waals surface area contributed by atoms with Gasteiger partial charge in [0, 0.05) is 19.6 Å². The number of nitrogens with zero attached hydrogens (tertiary/aromatic N) is 2. The Kier molecular flexibility index (Phi) is 5.27. The van der Waals surface area contributed by atoms with Gasteiger partial charge in [-0.1, -0.05) is 30.3 Å². The van der Waals surface area contributed by atoms with E-state index in [0.717, 1.165) is 23.3 Å². The maximum absolute atomic E-state index is 12.7. The summed E-state index contributed by atoms with van der Waals surface area (Å²) in [7, 11) is 0. The quantitative estimate of drug-likeness (QED) is 0.670. The van der Waals surface area contributed by atoms with Crippen molar-refractivity contribution in [2.24, 2.45) is 11.7 Å². The lowest BCUT2D eigenvalue weighted by Gasteiger charge is -2.25. The molecule has 1 unspecified atom stereocenters. The average Bonchev–Trinajstić information content (AvgIpc) is 3.45. The van der Waals surface area contributed by atoms with Gasteiger partial charge in [-0.15, -0.1) is 0 Å². The summed E-state index contributed by atoms with van der Waals surface area (Å²) in [5.41, 5.74) is 5.90. The number of imide groups is 1. The second kappa shape index (κ2) is 7.45. The number of carbonyl (C=O) groups is 3. The maximum Gasteiger partial charge on any atom is 0.325 e. The first-order valence-corrected chi connectivity index (χ1v) is 9.11. The largest absolute Gasteiger partial charge is 0.340 e. The molecule has 1 aliphatic carbocycles. The highest BCUT2D eigenvalue weighted by molar-refractivity contribution is 6.09. The predicted octanol–water partition coefficient (Wildman–Crippen LogP) is 0.737. The first kappa shape index (κ1) is 18.4. The molecule has 1 heterocycles. The van der Waals surface area contributed by atoms with Gasteiger partial charge in [0.2, 0.25) is 5.91 Å². The molecule has 1 saturated carbocycles. The fourth-order valence-corrected chi connectivity index (χ4v) is 3.46. The van der Waals surface area contributed by atoms with Gasteiger partial charge in [0.1, 0.15) is 12.1 Å². The molecule has 2 fully saturated rings. The van der Waals surface area contributed by atoms with E-state index in [-0.39, 0.29) is 24.3 Å². The Bertz CT molecular complexity index is 689. The third kappa shape index (κ3) is 3.72. The van der Waals surface area contributed by atoms with E-state index >= 15 is 0 Å². The summed E-state index contributed by atoms with van der Waals surface area (Å²) in [6.45, 7) is 2.75. The van der Waals surface area contributed by atoms with Crippen molar-refractivity contribution in [3.63, 3.8) is 0 Å². The molecular weight excluding hydrogens is 332 g/mol. The Morgan fingerprint density at radius 3 is 2.58 bits per heavy atom.